The second-order valence-corrected chi connectivity index (χ2v) is 5.65. The van der Waals surface area contributed by atoms with Crippen molar-refractivity contribution in [3.05, 3.63) is 42.2 Å². The van der Waals surface area contributed by atoms with Gasteiger partial charge in [-0.2, -0.15) is 10.2 Å². The van der Waals surface area contributed by atoms with E-state index in [-0.39, 0.29) is 12.5 Å². The SMILES string of the molecule is COC(=O)Cn1nc(C)c2cc(Nc3n[nH]c4cccnc34)ccc21. The fourth-order valence-corrected chi connectivity index (χ4v) is 2.80. The predicted octanol–water partition coefficient (Wildman–Crippen LogP) is 2.53. The molecule has 0 saturated carbocycles. The van der Waals surface area contributed by atoms with E-state index in [1.807, 2.05) is 37.3 Å². The summed E-state index contributed by atoms with van der Waals surface area (Å²) in [5.41, 5.74) is 4.23. The molecule has 0 spiro atoms. The van der Waals surface area contributed by atoms with Crippen LogP contribution in [0, 0.1) is 6.92 Å². The van der Waals surface area contributed by atoms with E-state index in [2.05, 4.69) is 25.6 Å². The molecule has 3 aromatic heterocycles. The number of fused-ring (bicyclic) bond motifs is 2. The Morgan fingerprint density at radius 1 is 1.36 bits per heavy atom. The first-order valence-electron chi connectivity index (χ1n) is 7.76. The number of methoxy groups -OCH3 is 1. The van der Waals surface area contributed by atoms with Gasteiger partial charge in [-0.05, 0) is 37.3 Å². The van der Waals surface area contributed by atoms with Crippen LogP contribution in [0.2, 0.25) is 0 Å². The quantitative estimate of drug-likeness (QED) is 0.556. The molecule has 1 aromatic carbocycles. The summed E-state index contributed by atoms with van der Waals surface area (Å²) in [6.07, 6.45) is 1.73. The lowest BCUT2D eigenvalue weighted by molar-refractivity contribution is -0.141. The maximum Gasteiger partial charge on any atom is 0.327 e. The summed E-state index contributed by atoms with van der Waals surface area (Å²) in [6, 6.07) is 9.60. The zero-order chi connectivity index (χ0) is 17.4. The Bertz CT molecular complexity index is 1080. The lowest BCUT2D eigenvalue weighted by atomic mass is 10.2. The Morgan fingerprint density at radius 3 is 3.08 bits per heavy atom. The number of ether oxygens (including phenoxy) is 1. The zero-order valence-corrected chi connectivity index (χ0v) is 13.8. The van der Waals surface area contributed by atoms with Crippen LogP contribution in [0.1, 0.15) is 5.69 Å². The highest BCUT2D eigenvalue weighted by Gasteiger charge is 2.12. The van der Waals surface area contributed by atoms with Gasteiger partial charge in [0.1, 0.15) is 12.1 Å². The number of pyridine rings is 1. The second-order valence-electron chi connectivity index (χ2n) is 5.65. The number of hydrogen-bond donors (Lipinski definition) is 2. The maximum atomic E-state index is 11.5. The number of carbonyl (C=O) groups excluding carboxylic acids is 1. The lowest BCUT2D eigenvalue weighted by Crippen LogP contribution is -2.12. The number of H-pyrrole nitrogens is 1. The van der Waals surface area contributed by atoms with Gasteiger partial charge in [-0.15, -0.1) is 0 Å². The summed E-state index contributed by atoms with van der Waals surface area (Å²) in [7, 11) is 1.37. The van der Waals surface area contributed by atoms with Gasteiger partial charge in [-0.3, -0.25) is 19.6 Å². The van der Waals surface area contributed by atoms with Gasteiger partial charge in [0.2, 0.25) is 0 Å². The van der Waals surface area contributed by atoms with Gasteiger partial charge in [0.25, 0.3) is 0 Å². The van der Waals surface area contributed by atoms with E-state index in [4.69, 9.17) is 4.74 Å². The number of esters is 1. The monoisotopic (exact) mass is 336 g/mol. The van der Waals surface area contributed by atoms with E-state index < -0.39 is 0 Å². The highest BCUT2D eigenvalue weighted by atomic mass is 16.5. The standard InChI is InChI=1S/C17H16N6O2/c1-10-12-8-11(5-6-14(12)23(22-10)9-15(24)25-2)19-17-16-13(20-21-17)4-3-7-18-16/h3-8H,9H2,1-2H3,(H2,19,20,21). The van der Waals surface area contributed by atoms with Gasteiger partial charge in [-0.1, -0.05) is 0 Å². The van der Waals surface area contributed by atoms with Crippen molar-refractivity contribution in [2.24, 2.45) is 0 Å². The van der Waals surface area contributed by atoms with E-state index in [1.54, 1.807) is 10.9 Å². The Hall–Kier alpha value is -3.42. The number of aromatic amines is 1. The van der Waals surface area contributed by atoms with Crippen molar-refractivity contribution < 1.29 is 9.53 Å². The highest BCUT2D eigenvalue weighted by molar-refractivity contribution is 5.90. The van der Waals surface area contributed by atoms with Crippen LogP contribution in [0.5, 0.6) is 0 Å². The normalized spacial score (nSPS) is 11.1. The largest absolute Gasteiger partial charge is 0.468 e. The molecule has 2 N–H and O–H groups in total. The first-order chi connectivity index (χ1) is 12.2. The molecule has 0 bridgehead atoms. The Labute approximate surface area is 142 Å². The van der Waals surface area contributed by atoms with E-state index in [1.165, 1.54) is 7.11 Å². The number of hydrogen-bond acceptors (Lipinski definition) is 6. The summed E-state index contributed by atoms with van der Waals surface area (Å²) in [5.74, 6) is 0.329. The average Bonchev–Trinajstić information content (AvgIpc) is 3.17. The first-order valence-corrected chi connectivity index (χ1v) is 7.76. The number of benzene rings is 1. The maximum absolute atomic E-state index is 11.5. The van der Waals surface area contributed by atoms with E-state index in [0.29, 0.717) is 5.82 Å². The van der Waals surface area contributed by atoms with Crippen molar-refractivity contribution >= 4 is 39.4 Å². The molecule has 0 amide bonds. The molecule has 0 saturated heterocycles. The smallest absolute Gasteiger partial charge is 0.327 e. The Kier molecular flexibility index (Phi) is 3.57. The second kappa shape index (κ2) is 5.90. The van der Waals surface area contributed by atoms with Gasteiger partial charge in [0, 0.05) is 17.3 Å². The molecule has 0 radical (unpaired) electrons. The molecule has 4 rings (SSSR count). The fourth-order valence-electron chi connectivity index (χ4n) is 2.80. The third-order valence-electron chi connectivity index (χ3n) is 4.02. The van der Waals surface area contributed by atoms with Gasteiger partial charge in [-0.25, -0.2) is 0 Å². The summed E-state index contributed by atoms with van der Waals surface area (Å²) in [5, 5.41) is 15.9. The first kappa shape index (κ1) is 15.1. The van der Waals surface area contributed by atoms with Crippen molar-refractivity contribution in [3.8, 4) is 0 Å². The third-order valence-corrected chi connectivity index (χ3v) is 4.02. The third kappa shape index (κ3) is 2.67. The fraction of sp³-hybridized carbons (Fsp3) is 0.176. The molecule has 0 aliphatic rings. The van der Waals surface area contributed by atoms with E-state index in [0.717, 1.165) is 33.3 Å². The van der Waals surface area contributed by atoms with Gasteiger partial charge in [0.05, 0.1) is 23.8 Å². The summed E-state index contributed by atoms with van der Waals surface area (Å²) < 4.78 is 6.36. The summed E-state index contributed by atoms with van der Waals surface area (Å²) >= 11 is 0. The van der Waals surface area contributed by atoms with Crippen molar-refractivity contribution in [2.45, 2.75) is 13.5 Å². The molecular formula is C17H16N6O2. The molecule has 3 heterocycles. The van der Waals surface area contributed by atoms with Crippen LogP contribution in [0.15, 0.2) is 36.5 Å². The van der Waals surface area contributed by atoms with Crippen molar-refractivity contribution in [2.75, 3.05) is 12.4 Å². The number of nitrogens with zero attached hydrogens (tertiary/aromatic N) is 4. The van der Waals surface area contributed by atoms with Crippen LogP contribution in [-0.4, -0.2) is 38.0 Å². The van der Waals surface area contributed by atoms with Crippen LogP contribution in [0.3, 0.4) is 0 Å². The zero-order valence-electron chi connectivity index (χ0n) is 13.8. The number of nitrogens with one attached hydrogen (secondary N) is 2. The summed E-state index contributed by atoms with van der Waals surface area (Å²) in [6.45, 7) is 1.99. The molecule has 0 unspecified atom stereocenters. The molecule has 0 aliphatic heterocycles. The minimum Gasteiger partial charge on any atom is -0.468 e. The minimum absolute atomic E-state index is 0.0849. The Balaban J connectivity index is 1.69. The van der Waals surface area contributed by atoms with Crippen LogP contribution in [-0.2, 0) is 16.1 Å². The number of carbonyl (C=O) groups is 1. The van der Waals surface area contributed by atoms with Gasteiger partial charge in [0.15, 0.2) is 5.82 Å². The van der Waals surface area contributed by atoms with Crippen molar-refractivity contribution in [1.82, 2.24) is 25.0 Å². The van der Waals surface area contributed by atoms with Crippen molar-refractivity contribution in [3.63, 3.8) is 0 Å². The number of aromatic nitrogens is 5. The van der Waals surface area contributed by atoms with Crippen LogP contribution < -0.4 is 5.32 Å². The van der Waals surface area contributed by atoms with Crippen molar-refractivity contribution in [1.29, 1.82) is 0 Å². The Morgan fingerprint density at radius 2 is 2.24 bits per heavy atom. The number of rotatable bonds is 4. The topological polar surface area (TPSA) is 97.7 Å². The van der Waals surface area contributed by atoms with Crippen LogP contribution >= 0.6 is 0 Å². The molecule has 126 valence electrons. The van der Waals surface area contributed by atoms with E-state index in [9.17, 15) is 4.79 Å². The van der Waals surface area contributed by atoms with Gasteiger partial charge >= 0.3 is 5.97 Å². The molecule has 8 nitrogen and oxygen atoms in total. The molecule has 4 aromatic rings. The predicted molar refractivity (Wildman–Crippen MR) is 93.7 cm³/mol. The average molecular weight is 336 g/mol. The summed E-state index contributed by atoms with van der Waals surface area (Å²) in [4.78, 5) is 15.9. The molecule has 8 heteroatoms. The van der Waals surface area contributed by atoms with Gasteiger partial charge < -0.3 is 10.1 Å². The molecule has 25 heavy (non-hydrogen) atoms. The minimum atomic E-state index is -0.333. The van der Waals surface area contributed by atoms with E-state index >= 15 is 0 Å². The number of anilines is 2. The molecule has 0 aliphatic carbocycles. The number of aryl methyl sites for hydroxylation is 1. The molecule has 0 atom stereocenters. The van der Waals surface area contributed by atoms with Crippen LogP contribution in [0.25, 0.3) is 21.9 Å². The molecule has 0 fully saturated rings. The lowest BCUT2D eigenvalue weighted by Gasteiger charge is -2.05. The van der Waals surface area contributed by atoms with Crippen LogP contribution in [0.4, 0.5) is 11.5 Å². The highest BCUT2D eigenvalue weighted by Crippen LogP contribution is 2.26. The molecular weight excluding hydrogens is 320 g/mol.